The largest absolute Gasteiger partial charge is 0.455 e. The number of furan rings is 1. The van der Waals surface area contributed by atoms with E-state index in [2.05, 4.69) is 158 Å². The van der Waals surface area contributed by atoms with Gasteiger partial charge in [0.15, 0.2) is 5.82 Å². The van der Waals surface area contributed by atoms with Crippen LogP contribution in [0.3, 0.4) is 0 Å². The lowest BCUT2D eigenvalue weighted by Gasteiger charge is -2.12. The number of hydrogen-bond acceptors (Lipinski definition) is 4. The van der Waals surface area contributed by atoms with Crippen LogP contribution in [-0.4, -0.2) is 15.0 Å². The van der Waals surface area contributed by atoms with Crippen molar-refractivity contribution in [3.8, 4) is 67.4 Å². The summed E-state index contributed by atoms with van der Waals surface area (Å²) in [6.07, 6.45) is 0. The second-order valence-electron chi connectivity index (χ2n) is 14.4. The summed E-state index contributed by atoms with van der Waals surface area (Å²) in [5.41, 5.74) is 14.1. The lowest BCUT2D eigenvalue weighted by molar-refractivity contribution is 0.673. The molecule has 0 saturated carbocycles. The lowest BCUT2D eigenvalue weighted by Crippen LogP contribution is -1.96. The quantitative estimate of drug-likeness (QED) is 0.160. The van der Waals surface area contributed by atoms with Crippen molar-refractivity contribution in [3.63, 3.8) is 0 Å². The molecule has 4 nitrogen and oxygen atoms in total. The predicted octanol–water partition coefficient (Wildman–Crippen LogP) is 14.1. The fourth-order valence-corrected chi connectivity index (χ4v) is 8.04. The summed E-state index contributed by atoms with van der Waals surface area (Å²) in [6, 6.07) is 69.6. The van der Waals surface area contributed by atoms with Crippen molar-refractivity contribution in [2.45, 2.75) is 0 Å². The Bertz CT molecular complexity index is 3260. The molecule has 0 saturated heterocycles. The Balaban J connectivity index is 0.978. The molecule has 0 fully saturated rings. The standard InChI is InChI=1S/C53H33N3O/c1-3-12-34(13-4-1)35-24-28-39(29-25-35)53-55-47(37-14-5-2-6-15-37)33-48(56-53)38-26-22-36(23-27-38)40-16-11-17-41(32-40)51-45-31-30-43-42-18-8-10-21-49(42)57-52(43)50(45)44-19-7-9-20-46(44)54-51/h1-33H. The highest BCUT2D eigenvalue weighted by atomic mass is 16.3. The molecule has 0 aliphatic carbocycles. The fraction of sp³-hybridized carbons (Fsp3) is 0. The first-order valence-electron chi connectivity index (χ1n) is 19.2. The van der Waals surface area contributed by atoms with E-state index in [1.54, 1.807) is 0 Å². The molecule has 57 heavy (non-hydrogen) atoms. The minimum Gasteiger partial charge on any atom is -0.455 e. The van der Waals surface area contributed by atoms with Crippen LogP contribution in [0.1, 0.15) is 0 Å². The molecule has 0 aliphatic rings. The van der Waals surface area contributed by atoms with Gasteiger partial charge in [-0.1, -0.05) is 170 Å². The monoisotopic (exact) mass is 727 g/mol. The Morgan fingerprint density at radius 3 is 1.60 bits per heavy atom. The normalized spacial score (nSPS) is 11.5. The highest BCUT2D eigenvalue weighted by Gasteiger charge is 2.18. The maximum atomic E-state index is 6.55. The first-order valence-corrected chi connectivity index (χ1v) is 19.2. The maximum absolute atomic E-state index is 6.55. The number of benzene rings is 8. The average molecular weight is 728 g/mol. The van der Waals surface area contributed by atoms with Crippen molar-refractivity contribution >= 4 is 43.6 Å². The number of nitrogens with zero attached hydrogens (tertiary/aromatic N) is 3. The van der Waals surface area contributed by atoms with Gasteiger partial charge in [-0.2, -0.15) is 0 Å². The first-order chi connectivity index (χ1) is 28.2. The molecule has 266 valence electrons. The molecule has 8 aromatic carbocycles. The van der Waals surface area contributed by atoms with Crippen molar-refractivity contribution in [1.82, 2.24) is 15.0 Å². The van der Waals surface area contributed by atoms with E-state index in [1.807, 2.05) is 42.5 Å². The summed E-state index contributed by atoms with van der Waals surface area (Å²) >= 11 is 0. The second-order valence-corrected chi connectivity index (χ2v) is 14.4. The van der Waals surface area contributed by atoms with E-state index in [0.29, 0.717) is 5.82 Å². The zero-order valence-corrected chi connectivity index (χ0v) is 30.8. The number of hydrogen-bond donors (Lipinski definition) is 0. The number of fused-ring (bicyclic) bond motifs is 7. The Morgan fingerprint density at radius 1 is 0.316 bits per heavy atom. The molecule has 11 rings (SSSR count). The van der Waals surface area contributed by atoms with Gasteiger partial charge in [-0.05, 0) is 52.6 Å². The van der Waals surface area contributed by atoms with Gasteiger partial charge >= 0.3 is 0 Å². The molecule has 11 aromatic rings. The van der Waals surface area contributed by atoms with Crippen molar-refractivity contribution in [1.29, 1.82) is 0 Å². The van der Waals surface area contributed by atoms with Crippen LogP contribution in [-0.2, 0) is 0 Å². The zero-order chi connectivity index (χ0) is 37.7. The van der Waals surface area contributed by atoms with Gasteiger partial charge in [-0.25, -0.2) is 15.0 Å². The van der Waals surface area contributed by atoms with Crippen LogP contribution in [0, 0.1) is 0 Å². The van der Waals surface area contributed by atoms with Crippen molar-refractivity contribution < 1.29 is 4.42 Å². The lowest BCUT2D eigenvalue weighted by atomic mass is 9.95. The Labute approximate surface area is 329 Å². The van der Waals surface area contributed by atoms with E-state index in [4.69, 9.17) is 19.4 Å². The van der Waals surface area contributed by atoms with E-state index in [1.165, 1.54) is 5.56 Å². The van der Waals surface area contributed by atoms with E-state index in [-0.39, 0.29) is 0 Å². The highest BCUT2D eigenvalue weighted by Crippen LogP contribution is 2.41. The third kappa shape index (κ3) is 5.83. The molecular formula is C53H33N3O. The fourth-order valence-electron chi connectivity index (χ4n) is 8.04. The molecular weight excluding hydrogens is 695 g/mol. The van der Waals surface area contributed by atoms with Crippen LogP contribution in [0.4, 0.5) is 0 Å². The Kier molecular flexibility index (Phi) is 7.78. The molecule has 0 spiro atoms. The van der Waals surface area contributed by atoms with Gasteiger partial charge in [-0.3, -0.25) is 0 Å². The molecule has 0 radical (unpaired) electrons. The third-order valence-electron chi connectivity index (χ3n) is 10.9. The summed E-state index contributed by atoms with van der Waals surface area (Å²) in [7, 11) is 0. The van der Waals surface area contributed by atoms with Gasteiger partial charge < -0.3 is 4.42 Å². The molecule has 0 atom stereocenters. The van der Waals surface area contributed by atoms with Gasteiger partial charge in [0.25, 0.3) is 0 Å². The molecule has 3 heterocycles. The Morgan fingerprint density at radius 2 is 0.842 bits per heavy atom. The van der Waals surface area contributed by atoms with E-state index < -0.39 is 0 Å². The minimum atomic E-state index is 0.692. The van der Waals surface area contributed by atoms with Crippen molar-refractivity contribution in [2.75, 3.05) is 0 Å². The second kappa shape index (κ2) is 13.6. The van der Waals surface area contributed by atoms with E-state index >= 15 is 0 Å². The molecule has 0 amide bonds. The SMILES string of the molecule is c1ccc(-c2ccc(-c3nc(-c4ccccc4)cc(-c4ccc(-c5cccc(-c6nc7ccccc7c7c6ccc6c8ccccc8oc67)c5)cc4)n3)cc2)cc1. The van der Waals surface area contributed by atoms with Gasteiger partial charge in [0.05, 0.1) is 22.6 Å². The number of para-hydroxylation sites is 2. The van der Waals surface area contributed by atoms with E-state index in [0.717, 1.165) is 99.6 Å². The van der Waals surface area contributed by atoms with Gasteiger partial charge in [0, 0.05) is 49.2 Å². The van der Waals surface area contributed by atoms with Crippen LogP contribution >= 0.6 is 0 Å². The summed E-state index contributed by atoms with van der Waals surface area (Å²) in [6.45, 7) is 0. The summed E-state index contributed by atoms with van der Waals surface area (Å²) < 4.78 is 6.55. The van der Waals surface area contributed by atoms with Crippen LogP contribution < -0.4 is 0 Å². The molecule has 0 N–H and O–H groups in total. The molecule has 0 bridgehead atoms. The van der Waals surface area contributed by atoms with Gasteiger partial charge in [0.2, 0.25) is 0 Å². The molecule has 0 unspecified atom stereocenters. The number of aromatic nitrogens is 3. The number of rotatable bonds is 6. The van der Waals surface area contributed by atoms with Gasteiger partial charge in [-0.15, -0.1) is 0 Å². The van der Waals surface area contributed by atoms with Crippen LogP contribution in [0.15, 0.2) is 205 Å². The predicted molar refractivity (Wildman–Crippen MR) is 235 cm³/mol. The third-order valence-corrected chi connectivity index (χ3v) is 10.9. The Hall–Kier alpha value is -7.69. The van der Waals surface area contributed by atoms with Crippen molar-refractivity contribution in [2.24, 2.45) is 0 Å². The average Bonchev–Trinajstić information content (AvgIpc) is 3.68. The van der Waals surface area contributed by atoms with Crippen LogP contribution in [0.5, 0.6) is 0 Å². The van der Waals surface area contributed by atoms with Gasteiger partial charge in [0.1, 0.15) is 11.2 Å². The topological polar surface area (TPSA) is 51.8 Å². The number of pyridine rings is 1. The van der Waals surface area contributed by atoms with Crippen LogP contribution in [0.2, 0.25) is 0 Å². The summed E-state index contributed by atoms with van der Waals surface area (Å²) in [5.74, 6) is 0.692. The highest BCUT2D eigenvalue weighted by molar-refractivity contribution is 6.24. The zero-order valence-electron chi connectivity index (χ0n) is 30.8. The molecule has 4 heteroatoms. The van der Waals surface area contributed by atoms with Crippen molar-refractivity contribution in [3.05, 3.63) is 200 Å². The summed E-state index contributed by atoms with van der Waals surface area (Å²) in [4.78, 5) is 15.4. The first kappa shape index (κ1) is 32.7. The van der Waals surface area contributed by atoms with Crippen LogP contribution in [0.25, 0.3) is 111 Å². The summed E-state index contributed by atoms with van der Waals surface area (Å²) in [5, 5.41) is 5.47. The minimum absolute atomic E-state index is 0.692. The van der Waals surface area contributed by atoms with E-state index in [9.17, 15) is 0 Å². The molecule has 3 aromatic heterocycles. The maximum Gasteiger partial charge on any atom is 0.160 e. The molecule has 0 aliphatic heterocycles. The smallest absolute Gasteiger partial charge is 0.160 e.